The van der Waals surface area contributed by atoms with Crippen molar-refractivity contribution in [1.29, 1.82) is 0 Å². The van der Waals surface area contributed by atoms with E-state index in [1.807, 2.05) is 0 Å². The number of nitrogen functional groups attached to an aromatic ring is 1. The average Bonchev–Trinajstić information content (AvgIpc) is 2.62. The van der Waals surface area contributed by atoms with Gasteiger partial charge in [-0.05, 0) is 36.4 Å². The fraction of sp³-hybridized carbons (Fsp3) is 0. The predicted molar refractivity (Wildman–Crippen MR) is 94.4 cm³/mol. The summed E-state index contributed by atoms with van der Waals surface area (Å²) in [5.41, 5.74) is 6.20. The van der Waals surface area contributed by atoms with Crippen LogP contribution in [0.2, 0.25) is 0 Å². The molecule has 0 atom stereocenters. The first-order valence-electron chi connectivity index (χ1n) is 7.49. The van der Waals surface area contributed by atoms with Crippen LogP contribution in [0.3, 0.4) is 0 Å². The van der Waals surface area contributed by atoms with Crippen LogP contribution in [-0.2, 0) is 0 Å². The lowest BCUT2D eigenvalue weighted by molar-refractivity contribution is 0.103. The Morgan fingerprint density at radius 1 is 1.04 bits per heavy atom. The second-order valence-electron chi connectivity index (χ2n) is 5.34. The van der Waals surface area contributed by atoms with Crippen LogP contribution >= 0.6 is 0 Å². The molecule has 0 radical (unpaired) electrons. The highest BCUT2D eigenvalue weighted by Crippen LogP contribution is 2.24. The minimum absolute atomic E-state index is 0.0945. The first kappa shape index (κ1) is 17.0. The van der Waals surface area contributed by atoms with Crippen molar-refractivity contribution in [3.8, 4) is 0 Å². The molecule has 0 saturated heterocycles. The molecule has 0 amide bonds. The van der Waals surface area contributed by atoms with E-state index in [2.05, 4.69) is 15.1 Å². The first-order chi connectivity index (χ1) is 12.5. The van der Waals surface area contributed by atoms with Crippen LogP contribution in [0.5, 0.6) is 0 Å². The summed E-state index contributed by atoms with van der Waals surface area (Å²) in [4.78, 5) is 19.8. The molecule has 0 bridgehead atoms. The van der Waals surface area contributed by atoms with E-state index in [9.17, 15) is 13.6 Å². The zero-order valence-electron chi connectivity index (χ0n) is 13.3. The van der Waals surface area contributed by atoms with Gasteiger partial charge < -0.3 is 11.1 Å². The summed E-state index contributed by atoms with van der Waals surface area (Å²) in [6.45, 7) is 6.92. The first-order valence-corrected chi connectivity index (χ1v) is 7.49. The van der Waals surface area contributed by atoms with E-state index in [4.69, 9.17) is 12.3 Å². The molecule has 3 rings (SSSR count). The number of hydrogen-bond acceptors (Lipinski definition) is 4. The van der Waals surface area contributed by atoms with Crippen molar-refractivity contribution in [3.63, 3.8) is 0 Å². The number of aromatic nitrogens is 1. The van der Waals surface area contributed by atoms with E-state index in [1.165, 1.54) is 18.2 Å². The van der Waals surface area contributed by atoms with E-state index in [1.54, 1.807) is 24.3 Å². The predicted octanol–water partition coefficient (Wildman–Crippen LogP) is 4.47. The molecular formula is C19H12F2N4O. The highest BCUT2D eigenvalue weighted by molar-refractivity contribution is 6.12. The maximum Gasteiger partial charge on any atom is 0.202 e. The maximum atomic E-state index is 13.8. The number of halogens is 2. The molecule has 2 aromatic carbocycles. The van der Waals surface area contributed by atoms with Gasteiger partial charge in [-0.15, -0.1) is 0 Å². The molecular weight excluding hydrogens is 338 g/mol. The van der Waals surface area contributed by atoms with Crippen molar-refractivity contribution in [2.45, 2.75) is 0 Å². The van der Waals surface area contributed by atoms with Crippen LogP contribution in [-0.4, -0.2) is 10.8 Å². The number of carbonyl (C=O) groups is 1. The Balaban J connectivity index is 1.87. The summed E-state index contributed by atoms with van der Waals surface area (Å²) in [5.74, 6) is -2.60. The van der Waals surface area contributed by atoms with Crippen LogP contribution in [0.15, 0.2) is 54.6 Å². The molecule has 0 unspecified atom stereocenters. The van der Waals surface area contributed by atoms with Crippen molar-refractivity contribution in [2.75, 3.05) is 11.1 Å². The van der Waals surface area contributed by atoms with Crippen LogP contribution in [0.25, 0.3) is 4.85 Å². The van der Waals surface area contributed by atoms with Gasteiger partial charge in [0, 0.05) is 5.69 Å². The number of hydrogen-bond donors (Lipinski definition) is 2. The normalized spacial score (nSPS) is 10.2. The van der Waals surface area contributed by atoms with Gasteiger partial charge in [0.25, 0.3) is 0 Å². The van der Waals surface area contributed by atoms with E-state index in [0.717, 1.165) is 12.1 Å². The number of anilines is 3. The van der Waals surface area contributed by atoms with Gasteiger partial charge in [-0.2, -0.15) is 0 Å². The third kappa shape index (κ3) is 3.35. The standard InChI is InChI=1S/C19H12F2N4O/c1-23-11-5-7-12(8-6-11)24-16-10-9-13(19(22)25-16)18(26)17-14(20)3-2-4-15(17)21/h2-10H,(H3,22,24,25). The topological polar surface area (TPSA) is 72.4 Å². The number of benzene rings is 2. The van der Waals surface area contributed by atoms with Gasteiger partial charge in [-0.1, -0.05) is 18.2 Å². The van der Waals surface area contributed by atoms with Crippen molar-refractivity contribution in [3.05, 3.63) is 88.8 Å². The molecule has 128 valence electrons. The Hall–Kier alpha value is -3.79. The third-order valence-corrected chi connectivity index (χ3v) is 3.63. The fourth-order valence-electron chi connectivity index (χ4n) is 2.35. The smallest absolute Gasteiger partial charge is 0.202 e. The molecule has 0 aliphatic carbocycles. The molecule has 7 heteroatoms. The van der Waals surface area contributed by atoms with Crippen molar-refractivity contribution in [2.24, 2.45) is 0 Å². The molecule has 0 aliphatic rings. The van der Waals surface area contributed by atoms with Crippen LogP contribution in [0, 0.1) is 18.2 Å². The largest absolute Gasteiger partial charge is 0.383 e. The Morgan fingerprint density at radius 3 is 2.27 bits per heavy atom. The van der Waals surface area contributed by atoms with Gasteiger partial charge in [-0.25, -0.2) is 18.6 Å². The van der Waals surface area contributed by atoms with Gasteiger partial charge in [0.2, 0.25) is 5.78 Å². The molecule has 26 heavy (non-hydrogen) atoms. The Bertz CT molecular complexity index is 1010. The lowest BCUT2D eigenvalue weighted by Gasteiger charge is -2.10. The number of carbonyl (C=O) groups excluding carboxylic acids is 1. The molecule has 0 fully saturated rings. The Morgan fingerprint density at radius 2 is 1.69 bits per heavy atom. The summed E-state index contributed by atoms with van der Waals surface area (Å²) in [6.07, 6.45) is 0. The Kier molecular flexibility index (Phi) is 4.58. The van der Waals surface area contributed by atoms with Crippen molar-refractivity contribution < 1.29 is 13.6 Å². The van der Waals surface area contributed by atoms with Crippen LogP contribution in [0.1, 0.15) is 15.9 Å². The van der Waals surface area contributed by atoms with E-state index in [0.29, 0.717) is 17.2 Å². The van der Waals surface area contributed by atoms with Gasteiger partial charge in [0.15, 0.2) is 5.69 Å². The molecule has 0 saturated carbocycles. The summed E-state index contributed by atoms with van der Waals surface area (Å²) >= 11 is 0. The average molecular weight is 350 g/mol. The van der Waals surface area contributed by atoms with Gasteiger partial charge >= 0.3 is 0 Å². The number of pyridine rings is 1. The molecule has 3 N–H and O–H groups in total. The Labute approximate surface area is 147 Å². The minimum atomic E-state index is -0.962. The molecule has 1 aromatic heterocycles. The highest BCUT2D eigenvalue weighted by atomic mass is 19.1. The molecule has 3 aromatic rings. The zero-order chi connectivity index (χ0) is 18.7. The number of nitrogens with two attached hydrogens (primary N) is 1. The minimum Gasteiger partial charge on any atom is -0.383 e. The van der Waals surface area contributed by atoms with E-state index < -0.39 is 23.0 Å². The fourth-order valence-corrected chi connectivity index (χ4v) is 2.35. The molecule has 0 aliphatic heterocycles. The van der Waals surface area contributed by atoms with Crippen LogP contribution in [0.4, 0.5) is 31.8 Å². The van der Waals surface area contributed by atoms with Gasteiger partial charge in [0.1, 0.15) is 23.3 Å². The van der Waals surface area contributed by atoms with Crippen molar-refractivity contribution in [1.82, 2.24) is 4.98 Å². The molecule has 1 heterocycles. The zero-order valence-corrected chi connectivity index (χ0v) is 13.3. The molecule has 5 nitrogen and oxygen atoms in total. The monoisotopic (exact) mass is 350 g/mol. The molecule has 0 spiro atoms. The summed E-state index contributed by atoms with van der Waals surface area (Å²) in [6, 6.07) is 12.7. The van der Waals surface area contributed by atoms with Crippen LogP contribution < -0.4 is 11.1 Å². The van der Waals surface area contributed by atoms with Crippen molar-refractivity contribution >= 4 is 28.8 Å². The van der Waals surface area contributed by atoms with E-state index in [-0.39, 0.29) is 11.4 Å². The lowest BCUT2D eigenvalue weighted by atomic mass is 10.0. The highest BCUT2D eigenvalue weighted by Gasteiger charge is 2.21. The SMILES string of the molecule is [C-]#[N+]c1ccc(Nc2ccc(C(=O)c3c(F)cccc3F)c(N)n2)cc1. The maximum absolute atomic E-state index is 13.8. The lowest BCUT2D eigenvalue weighted by Crippen LogP contribution is -2.11. The quantitative estimate of drug-likeness (QED) is 0.538. The van der Waals surface area contributed by atoms with Gasteiger partial charge in [0.05, 0.1) is 17.7 Å². The second-order valence-corrected chi connectivity index (χ2v) is 5.34. The second kappa shape index (κ2) is 6.99. The summed E-state index contributed by atoms with van der Waals surface area (Å²) in [7, 11) is 0. The number of nitrogens with one attached hydrogen (secondary N) is 1. The number of ketones is 1. The van der Waals surface area contributed by atoms with E-state index >= 15 is 0 Å². The number of nitrogens with zero attached hydrogens (tertiary/aromatic N) is 2. The number of rotatable bonds is 4. The third-order valence-electron chi connectivity index (χ3n) is 3.63. The van der Waals surface area contributed by atoms with Gasteiger partial charge in [-0.3, -0.25) is 4.79 Å². The summed E-state index contributed by atoms with van der Waals surface area (Å²) in [5, 5.41) is 2.97. The summed E-state index contributed by atoms with van der Waals surface area (Å²) < 4.78 is 27.6.